The van der Waals surface area contributed by atoms with Crippen molar-refractivity contribution < 1.29 is 99.9 Å². The summed E-state index contributed by atoms with van der Waals surface area (Å²) in [4.78, 5) is 77.8. The minimum Gasteiger partial charge on any atom is -0.494 e. The zero-order valence-corrected chi connectivity index (χ0v) is 42.8. The summed E-state index contributed by atoms with van der Waals surface area (Å²) >= 11 is 0. The van der Waals surface area contributed by atoms with E-state index in [1.807, 2.05) is 24.3 Å². The summed E-state index contributed by atoms with van der Waals surface area (Å²) in [6.07, 6.45) is 4.64. The molecule has 1 aliphatic heterocycles. The van der Waals surface area contributed by atoms with Gasteiger partial charge in [-0.05, 0) is 37.0 Å². The third-order valence-corrected chi connectivity index (χ3v) is 11.6. The van der Waals surface area contributed by atoms with Crippen LogP contribution in [0.1, 0.15) is 50.5 Å². The minimum absolute atomic E-state index is 0.00461. The van der Waals surface area contributed by atoms with Gasteiger partial charge < -0.3 is 58.9 Å². The number of carboxylic acids is 4. The fraction of sp³-hybridized carbons (Fsp3) is 0.640. The lowest BCUT2D eigenvalue weighted by Gasteiger charge is -2.37. The van der Waals surface area contributed by atoms with E-state index in [2.05, 4.69) is 10.1 Å². The second-order valence-corrected chi connectivity index (χ2v) is 17.6. The molecule has 1 amide bonds. The van der Waals surface area contributed by atoms with Crippen molar-refractivity contribution in [3.05, 3.63) is 59.2 Å². The number of carbonyl (C=O) groups excluding carboxylic acids is 2. The Morgan fingerprint density at radius 1 is 0.526 bits per heavy atom. The van der Waals surface area contributed by atoms with Gasteiger partial charge in [0.15, 0.2) is 11.6 Å². The smallest absolute Gasteiger partial charge is 0.317 e. The van der Waals surface area contributed by atoms with Crippen molar-refractivity contribution in [2.75, 3.05) is 151 Å². The molecule has 0 radical (unpaired) electrons. The number of rotatable bonds is 38. The van der Waals surface area contributed by atoms with Gasteiger partial charge in [-0.2, -0.15) is 8.78 Å². The Labute approximate surface area is 439 Å². The minimum atomic E-state index is -1.81. The third kappa shape index (κ3) is 29.1. The van der Waals surface area contributed by atoms with Gasteiger partial charge in [-0.1, -0.05) is 31.4 Å². The van der Waals surface area contributed by atoms with Gasteiger partial charge in [0.25, 0.3) is 0 Å². The maximum absolute atomic E-state index is 13.6. The first-order chi connectivity index (χ1) is 36.5. The highest BCUT2D eigenvalue weighted by Gasteiger charge is 2.28. The molecule has 1 fully saturated rings. The first kappa shape index (κ1) is 64.7. The molecule has 1 heterocycles. The number of carbonyl (C=O) groups is 6. The summed E-state index contributed by atoms with van der Waals surface area (Å²) in [7, 11) is 0. The number of halogens is 4. The maximum atomic E-state index is 13.6. The Balaban J connectivity index is 1.20. The zero-order valence-electron chi connectivity index (χ0n) is 42.8. The number of benzene rings is 2. The van der Waals surface area contributed by atoms with Crippen LogP contribution < -0.4 is 14.8 Å². The fourth-order valence-electron chi connectivity index (χ4n) is 7.72. The van der Waals surface area contributed by atoms with E-state index in [1.54, 1.807) is 19.6 Å². The largest absolute Gasteiger partial charge is 0.494 e. The number of hydrogen-bond donors (Lipinski definition) is 5. The van der Waals surface area contributed by atoms with Crippen LogP contribution in [0, 0.1) is 23.3 Å². The predicted molar refractivity (Wildman–Crippen MR) is 262 cm³/mol. The Kier molecular flexibility index (Phi) is 32.4. The first-order valence-electron chi connectivity index (χ1n) is 25.2. The standard InChI is InChI=1S/C50H73F4N5O17/c51-40-31-41(52)49(54)50(48(40)53)76-47(69)11-21-71-23-25-73-27-29-74-28-26-72-24-22-70-20-10-42(60)55-12-4-2-1-3-5-19-75-39-8-6-37(7-9-39)30-38-32-58(35-45(65)66)16-15-56(33-43(61)62)13-14-57(34-44(63)64)17-18-59(38)36-46(67)68/h6-9,31,38H,1-5,10-30,32-36H2,(H,55,60)(H,61,62)(H,63,64)(H,65,66)(H,67,68)/t38-/m0/s1. The van der Waals surface area contributed by atoms with Gasteiger partial charge in [-0.25, -0.2) is 8.78 Å². The molecule has 1 saturated heterocycles. The van der Waals surface area contributed by atoms with Crippen LogP contribution in [0.4, 0.5) is 17.6 Å². The second kappa shape index (κ2) is 38.0. The predicted octanol–water partition coefficient (Wildman–Crippen LogP) is 2.63. The molecule has 26 heteroatoms. The average Bonchev–Trinajstić information content (AvgIpc) is 3.36. The second-order valence-electron chi connectivity index (χ2n) is 17.6. The van der Waals surface area contributed by atoms with Gasteiger partial charge in [0, 0.05) is 70.9 Å². The highest BCUT2D eigenvalue weighted by molar-refractivity contribution is 5.76. The monoisotopic (exact) mass is 1090 g/mol. The Morgan fingerprint density at radius 2 is 0.974 bits per heavy atom. The zero-order chi connectivity index (χ0) is 55.5. The van der Waals surface area contributed by atoms with Crippen LogP contribution in [-0.2, 0) is 58.9 Å². The van der Waals surface area contributed by atoms with Crippen LogP contribution in [0.5, 0.6) is 11.5 Å². The molecule has 0 aromatic heterocycles. The van der Waals surface area contributed by atoms with E-state index in [0.717, 1.165) is 37.7 Å². The third-order valence-electron chi connectivity index (χ3n) is 11.6. The SMILES string of the molecule is O=C(O)CN1CCN(CC(=O)O)CCN(CC(=O)O)[C@@H](Cc2ccc(OCCCCCCCNC(=O)CCOCCOCCOCCOCCOCCC(=O)Oc3c(F)c(F)cc(F)c3F)cc2)CN(CC(=O)O)CC1. The van der Waals surface area contributed by atoms with E-state index in [1.165, 1.54) is 0 Å². The van der Waals surface area contributed by atoms with Gasteiger partial charge >= 0.3 is 29.8 Å². The molecule has 2 aromatic carbocycles. The van der Waals surface area contributed by atoms with Crippen LogP contribution in [0.15, 0.2) is 30.3 Å². The summed E-state index contributed by atoms with van der Waals surface area (Å²) in [6, 6.07) is 6.93. The van der Waals surface area contributed by atoms with E-state index in [-0.39, 0.29) is 130 Å². The lowest BCUT2D eigenvalue weighted by Crippen LogP contribution is -2.53. The number of aliphatic carboxylic acids is 4. The summed E-state index contributed by atoms with van der Waals surface area (Å²) in [5.74, 6) is -13.4. The van der Waals surface area contributed by atoms with Crippen LogP contribution in [0.2, 0.25) is 0 Å². The molecule has 0 unspecified atom stereocenters. The topological polar surface area (TPSA) is 273 Å². The molecule has 5 N–H and O–H groups in total. The molecule has 0 saturated carbocycles. The number of hydrogen-bond acceptors (Lipinski definition) is 17. The Morgan fingerprint density at radius 3 is 1.50 bits per heavy atom. The van der Waals surface area contributed by atoms with Crippen molar-refractivity contribution in [3.63, 3.8) is 0 Å². The molecular formula is C50H73F4N5O17. The highest BCUT2D eigenvalue weighted by Crippen LogP contribution is 2.27. The molecule has 76 heavy (non-hydrogen) atoms. The van der Waals surface area contributed by atoms with Crippen molar-refractivity contribution in [1.29, 1.82) is 0 Å². The van der Waals surface area contributed by atoms with Gasteiger partial charge in [0.2, 0.25) is 23.3 Å². The fourth-order valence-corrected chi connectivity index (χ4v) is 7.72. The Hall–Kier alpha value is -5.58. The van der Waals surface area contributed by atoms with E-state index in [4.69, 9.17) is 28.4 Å². The molecule has 0 bridgehead atoms. The average molecular weight is 1090 g/mol. The molecule has 1 atom stereocenters. The highest BCUT2D eigenvalue weighted by atomic mass is 19.2. The molecule has 2 aromatic rings. The number of nitrogens with one attached hydrogen (secondary N) is 1. The summed E-state index contributed by atoms with van der Waals surface area (Å²) in [6.45, 7) is 3.34. The first-order valence-corrected chi connectivity index (χ1v) is 25.2. The molecule has 22 nitrogen and oxygen atoms in total. The summed E-state index contributed by atoms with van der Waals surface area (Å²) in [5, 5.41) is 41.5. The number of esters is 1. The molecule has 0 aliphatic carbocycles. The van der Waals surface area contributed by atoms with E-state index in [9.17, 15) is 66.8 Å². The van der Waals surface area contributed by atoms with Crippen LogP contribution >= 0.6 is 0 Å². The maximum Gasteiger partial charge on any atom is 0.317 e. The van der Waals surface area contributed by atoms with Gasteiger partial charge in [-0.3, -0.25) is 48.4 Å². The van der Waals surface area contributed by atoms with Gasteiger partial charge in [-0.15, -0.1) is 0 Å². The number of ether oxygens (including phenoxy) is 7. The number of unbranched alkanes of at least 4 members (excludes halogenated alkanes) is 4. The molecule has 428 valence electrons. The summed E-state index contributed by atoms with van der Waals surface area (Å²) < 4.78 is 90.8. The molecule has 3 rings (SSSR count). The van der Waals surface area contributed by atoms with E-state index in [0.29, 0.717) is 51.7 Å². The van der Waals surface area contributed by atoms with Crippen LogP contribution in [0.25, 0.3) is 0 Å². The Bertz CT molecular complexity index is 2040. The van der Waals surface area contributed by atoms with Crippen molar-refractivity contribution >= 4 is 35.8 Å². The van der Waals surface area contributed by atoms with Crippen molar-refractivity contribution in [2.45, 2.75) is 57.4 Å². The number of amides is 1. The molecule has 1 aliphatic rings. The van der Waals surface area contributed by atoms with Crippen molar-refractivity contribution in [3.8, 4) is 11.5 Å². The van der Waals surface area contributed by atoms with Crippen LogP contribution in [-0.4, -0.2) is 233 Å². The van der Waals surface area contributed by atoms with Crippen molar-refractivity contribution in [1.82, 2.24) is 24.9 Å². The lowest BCUT2D eigenvalue weighted by atomic mass is 10.0. The normalized spacial score (nSPS) is 15.4. The van der Waals surface area contributed by atoms with E-state index < -0.39 is 71.3 Å². The van der Waals surface area contributed by atoms with Crippen LogP contribution in [0.3, 0.4) is 0 Å². The quantitative estimate of drug-likeness (QED) is 0.0213. The molecular weight excluding hydrogens is 1020 g/mol. The van der Waals surface area contributed by atoms with Gasteiger partial charge in [0.05, 0.1) is 105 Å². The summed E-state index contributed by atoms with van der Waals surface area (Å²) in [5.41, 5.74) is 0.858. The number of nitrogens with zero attached hydrogens (tertiary/aromatic N) is 4. The van der Waals surface area contributed by atoms with Crippen molar-refractivity contribution in [2.24, 2.45) is 0 Å². The lowest BCUT2D eigenvalue weighted by molar-refractivity contribution is -0.142. The van der Waals surface area contributed by atoms with E-state index >= 15 is 0 Å². The van der Waals surface area contributed by atoms with Gasteiger partial charge in [0.1, 0.15) is 5.75 Å². The number of carboxylic acid groups (broad SMARTS) is 4. The molecule has 0 spiro atoms.